The van der Waals surface area contributed by atoms with Crippen LogP contribution < -0.4 is 10.6 Å². The molecule has 2 fully saturated rings. The molecule has 0 amide bonds. The summed E-state index contributed by atoms with van der Waals surface area (Å²) in [6.45, 7) is 5.90. The first-order valence-electron chi connectivity index (χ1n) is 11.3. The van der Waals surface area contributed by atoms with Gasteiger partial charge < -0.3 is 10.6 Å². The number of amidine groups is 2. The minimum absolute atomic E-state index is 0.830. The summed E-state index contributed by atoms with van der Waals surface area (Å²) in [5.41, 5.74) is 2.74. The number of thioether (sulfide) groups is 2. The quantitative estimate of drug-likeness (QED) is 0.536. The molecule has 1 aromatic rings. The van der Waals surface area contributed by atoms with Crippen molar-refractivity contribution >= 4 is 49.8 Å². The van der Waals surface area contributed by atoms with E-state index in [0.29, 0.717) is 0 Å². The van der Waals surface area contributed by atoms with Gasteiger partial charge in [0.2, 0.25) is 0 Å². The number of halogens is 1. The lowest BCUT2D eigenvalue weighted by atomic mass is 10.1. The summed E-state index contributed by atoms with van der Waals surface area (Å²) in [5, 5.41) is 9.14. The fraction of sp³-hybridized carbons (Fsp3) is 0.636. The molecule has 2 saturated carbocycles. The molecule has 9 heteroatoms. The Kier molecular flexibility index (Phi) is 7.45. The second-order valence-corrected chi connectivity index (χ2v) is 11.8. The Bertz CT molecular complexity index is 839. The van der Waals surface area contributed by atoms with Gasteiger partial charge in [-0.15, -0.1) is 0 Å². The van der Waals surface area contributed by atoms with Crippen LogP contribution in [0.2, 0.25) is 0 Å². The number of aliphatic imine (C=N–C) groups is 2. The van der Waals surface area contributed by atoms with Gasteiger partial charge in [-0.25, -0.2) is 9.98 Å². The molecule has 0 atom stereocenters. The molecule has 31 heavy (non-hydrogen) atoms. The van der Waals surface area contributed by atoms with Crippen LogP contribution in [0.15, 0.2) is 32.7 Å². The number of rotatable bonds is 8. The number of hydrogen-bond acceptors (Lipinski definition) is 8. The van der Waals surface area contributed by atoms with E-state index in [1.165, 1.54) is 49.9 Å². The average Bonchev–Trinajstić information content (AvgIpc) is 3.71. The van der Waals surface area contributed by atoms with E-state index in [0.717, 1.165) is 64.8 Å². The molecule has 1 aromatic carbocycles. The van der Waals surface area contributed by atoms with Crippen LogP contribution in [0.25, 0.3) is 0 Å². The Morgan fingerprint density at radius 3 is 1.87 bits per heavy atom. The largest absolute Gasteiger partial charge is 0.352 e. The summed E-state index contributed by atoms with van der Waals surface area (Å²) in [7, 11) is 0. The second-order valence-electron chi connectivity index (χ2n) is 8.96. The summed E-state index contributed by atoms with van der Waals surface area (Å²) < 4.78 is 1.13. The Morgan fingerprint density at radius 2 is 1.39 bits per heavy atom. The van der Waals surface area contributed by atoms with E-state index < -0.39 is 0 Å². The molecule has 4 aliphatic rings. The van der Waals surface area contributed by atoms with Crippen molar-refractivity contribution in [2.24, 2.45) is 21.8 Å². The maximum Gasteiger partial charge on any atom is 0.159 e. The minimum atomic E-state index is 0.830. The van der Waals surface area contributed by atoms with E-state index >= 15 is 0 Å². The standard InChI is InChI=1S/C22H31BrN6S2/c23-20-6-5-18(10-30-21-24-12-28(13-25-21)8-16-1-2-16)19(7-20)11-31-22-26-14-29(15-27-22)9-17-3-4-17/h5-7,16-17H,1-4,8-15H2,(H,24,25)(H,26,27). The van der Waals surface area contributed by atoms with Crippen molar-refractivity contribution in [3.63, 3.8) is 0 Å². The highest BCUT2D eigenvalue weighted by molar-refractivity contribution is 9.10. The van der Waals surface area contributed by atoms with E-state index in [-0.39, 0.29) is 0 Å². The summed E-state index contributed by atoms with van der Waals surface area (Å²) >= 11 is 7.28. The monoisotopic (exact) mass is 522 g/mol. The zero-order valence-electron chi connectivity index (χ0n) is 17.9. The van der Waals surface area contributed by atoms with E-state index in [1.54, 1.807) is 0 Å². The highest BCUT2D eigenvalue weighted by Crippen LogP contribution is 2.31. The van der Waals surface area contributed by atoms with Crippen LogP contribution in [-0.2, 0) is 11.5 Å². The maximum atomic E-state index is 4.75. The van der Waals surface area contributed by atoms with E-state index in [9.17, 15) is 0 Å². The van der Waals surface area contributed by atoms with Crippen LogP contribution in [0.5, 0.6) is 0 Å². The lowest BCUT2D eigenvalue weighted by Gasteiger charge is -2.27. The van der Waals surface area contributed by atoms with Gasteiger partial charge in [-0.05, 0) is 60.8 Å². The molecule has 168 valence electrons. The van der Waals surface area contributed by atoms with Crippen LogP contribution in [0.3, 0.4) is 0 Å². The highest BCUT2D eigenvalue weighted by Gasteiger charge is 2.26. The zero-order chi connectivity index (χ0) is 21.0. The Hall–Kier alpha value is -0.740. The summed E-state index contributed by atoms with van der Waals surface area (Å²) in [5.74, 6) is 3.70. The van der Waals surface area contributed by atoms with Crippen molar-refractivity contribution in [1.29, 1.82) is 0 Å². The van der Waals surface area contributed by atoms with Gasteiger partial charge in [0.15, 0.2) is 10.3 Å². The number of nitrogens with zero attached hydrogens (tertiary/aromatic N) is 4. The van der Waals surface area contributed by atoms with Crippen LogP contribution >= 0.6 is 39.5 Å². The summed E-state index contributed by atoms with van der Waals surface area (Å²) in [6, 6.07) is 6.63. The number of benzene rings is 1. The second kappa shape index (κ2) is 10.5. The topological polar surface area (TPSA) is 55.3 Å². The van der Waals surface area contributed by atoms with Crippen molar-refractivity contribution in [3.8, 4) is 0 Å². The smallest absolute Gasteiger partial charge is 0.159 e. The van der Waals surface area contributed by atoms with Crippen LogP contribution in [0.4, 0.5) is 0 Å². The predicted molar refractivity (Wildman–Crippen MR) is 136 cm³/mol. The van der Waals surface area contributed by atoms with Gasteiger partial charge in [0.25, 0.3) is 0 Å². The van der Waals surface area contributed by atoms with Crippen molar-refractivity contribution in [2.75, 3.05) is 39.8 Å². The van der Waals surface area contributed by atoms with Crippen LogP contribution in [0.1, 0.15) is 36.8 Å². The third-order valence-corrected chi connectivity index (χ3v) is 8.56. The normalized spacial score (nSPS) is 22.5. The van der Waals surface area contributed by atoms with Gasteiger partial charge in [0, 0.05) is 29.1 Å². The minimum Gasteiger partial charge on any atom is -0.352 e. The van der Waals surface area contributed by atoms with E-state index in [1.807, 2.05) is 23.5 Å². The van der Waals surface area contributed by atoms with Crippen molar-refractivity contribution < 1.29 is 0 Å². The molecule has 2 aliphatic carbocycles. The first-order chi connectivity index (χ1) is 15.2. The molecule has 0 unspecified atom stereocenters. The molecule has 0 bridgehead atoms. The molecule has 0 spiro atoms. The van der Waals surface area contributed by atoms with E-state index in [4.69, 9.17) is 9.98 Å². The fourth-order valence-electron chi connectivity index (χ4n) is 3.83. The van der Waals surface area contributed by atoms with Gasteiger partial charge in [0.1, 0.15) is 0 Å². The first-order valence-corrected chi connectivity index (χ1v) is 14.0. The predicted octanol–water partition coefficient (Wildman–Crippen LogP) is 4.09. The Morgan fingerprint density at radius 1 is 0.839 bits per heavy atom. The molecule has 6 nitrogen and oxygen atoms in total. The first kappa shape index (κ1) is 22.1. The Balaban J connectivity index is 1.11. The molecule has 0 radical (unpaired) electrons. The SMILES string of the molecule is Brc1ccc(CSC2=NCN(CC3CC3)CN2)c(CSC2=NCN(CC3CC3)CN2)c1. The van der Waals surface area contributed by atoms with Gasteiger partial charge in [-0.3, -0.25) is 9.80 Å². The molecule has 2 N–H and O–H groups in total. The number of hydrogen-bond donors (Lipinski definition) is 2. The van der Waals surface area contributed by atoms with Crippen LogP contribution in [0, 0.1) is 11.8 Å². The van der Waals surface area contributed by atoms with Crippen molar-refractivity contribution in [1.82, 2.24) is 20.4 Å². The van der Waals surface area contributed by atoms with Gasteiger partial charge in [-0.1, -0.05) is 45.5 Å². The zero-order valence-corrected chi connectivity index (χ0v) is 21.1. The third kappa shape index (κ3) is 6.87. The lowest BCUT2D eigenvalue weighted by Crippen LogP contribution is -2.42. The van der Waals surface area contributed by atoms with Gasteiger partial charge in [-0.2, -0.15) is 0 Å². The molecule has 5 rings (SSSR count). The highest BCUT2D eigenvalue weighted by atomic mass is 79.9. The molecule has 0 saturated heterocycles. The van der Waals surface area contributed by atoms with E-state index in [2.05, 4.69) is 54.6 Å². The molecular weight excluding hydrogens is 492 g/mol. The molecule has 2 heterocycles. The molecule has 2 aliphatic heterocycles. The number of nitrogens with one attached hydrogen (secondary N) is 2. The van der Waals surface area contributed by atoms with Gasteiger partial charge in [0.05, 0.1) is 26.7 Å². The van der Waals surface area contributed by atoms with Gasteiger partial charge >= 0.3 is 0 Å². The molecule has 0 aromatic heterocycles. The third-order valence-electron chi connectivity index (χ3n) is 6.06. The average molecular weight is 524 g/mol. The fourth-order valence-corrected chi connectivity index (χ4v) is 6.00. The molecular formula is C22H31BrN6S2. The summed E-state index contributed by atoms with van der Waals surface area (Å²) in [6.07, 6.45) is 5.58. The van der Waals surface area contributed by atoms with Crippen LogP contribution in [-0.4, -0.2) is 59.9 Å². The Labute approximate surface area is 202 Å². The lowest BCUT2D eigenvalue weighted by molar-refractivity contribution is 0.256. The summed E-state index contributed by atoms with van der Waals surface area (Å²) in [4.78, 5) is 14.3. The maximum absolute atomic E-state index is 4.75. The van der Waals surface area contributed by atoms with Crippen molar-refractivity contribution in [3.05, 3.63) is 33.8 Å². The van der Waals surface area contributed by atoms with Crippen molar-refractivity contribution in [2.45, 2.75) is 37.2 Å².